The number of rotatable bonds is 5. The van der Waals surface area contributed by atoms with Crippen LogP contribution in [0.15, 0.2) is 22.7 Å². The van der Waals surface area contributed by atoms with Gasteiger partial charge in [-0.25, -0.2) is 0 Å². The van der Waals surface area contributed by atoms with E-state index in [9.17, 15) is 4.79 Å². The van der Waals surface area contributed by atoms with Crippen molar-refractivity contribution in [2.45, 2.75) is 46.5 Å². The minimum Gasteiger partial charge on any atom is -0.493 e. The number of nitrogens with zero attached hydrogens (tertiary/aromatic N) is 2. The molecule has 1 amide bonds. The van der Waals surface area contributed by atoms with Crippen molar-refractivity contribution in [3.63, 3.8) is 0 Å². The van der Waals surface area contributed by atoms with Crippen LogP contribution < -0.4 is 9.47 Å². The van der Waals surface area contributed by atoms with Crippen molar-refractivity contribution in [2.24, 2.45) is 0 Å². The Morgan fingerprint density at radius 2 is 1.93 bits per heavy atom. The predicted molar refractivity (Wildman–Crippen MR) is 99.2 cm³/mol. The minimum absolute atomic E-state index is 0.0252. The van der Waals surface area contributed by atoms with Crippen molar-refractivity contribution in [2.75, 3.05) is 20.2 Å². The molecule has 2 aromatic rings. The number of carbonyl (C=O) groups is 1. The Morgan fingerprint density at radius 1 is 1.22 bits per heavy atom. The Labute approximate surface area is 159 Å². The molecule has 1 aromatic heterocycles. The summed E-state index contributed by atoms with van der Waals surface area (Å²) in [6.45, 7) is 9.15. The molecule has 3 rings (SSSR count). The zero-order chi connectivity index (χ0) is 19.6. The lowest BCUT2D eigenvalue weighted by molar-refractivity contribution is -0.0586. The number of hydrogen-bond acceptors (Lipinski definition) is 6. The molecule has 7 nitrogen and oxygen atoms in total. The summed E-state index contributed by atoms with van der Waals surface area (Å²) in [5.74, 6) is 1.78. The van der Waals surface area contributed by atoms with Gasteiger partial charge in [0.2, 0.25) is 0 Å². The number of morpholine rings is 1. The van der Waals surface area contributed by atoms with Gasteiger partial charge in [-0.2, -0.15) is 0 Å². The van der Waals surface area contributed by atoms with Crippen LogP contribution >= 0.6 is 0 Å². The Bertz CT molecular complexity index is 787. The summed E-state index contributed by atoms with van der Waals surface area (Å²) < 4.78 is 22.2. The van der Waals surface area contributed by atoms with E-state index >= 15 is 0 Å². The lowest BCUT2D eigenvalue weighted by Gasteiger charge is -2.35. The zero-order valence-corrected chi connectivity index (χ0v) is 16.4. The monoisotopic (exact) mass is 374 g/mol. The standard InChI is InChI=1S/C20H26N2O5/c1-12-9-22(10-13(2)26-12)20(23)16-6-7-18(19(8-16)24-5)25-11-17-14(3)21-27-15(17)4/h6-8,12-13H,9-11H2,1-5H3. The molecule has 2 heterocycles. The highest BCUT2D eigenvalue weighted by molar-refractivity contribution is 5.95. The van der Waals surface area contributed by atoms with Gasteiger partial charge in [0.25, 0.3) is 5.91 Å². The third kappa shape index (κ3) is 4.24. The van der Waals surface area contributed by atoms with Crippen LogP contribution in [0.25, 0.3) is 0 Å². The first-order valence-corrected chi connectivity index (χ1v) is 9.06. The van der Waals surface area contributed by atoms with E-state index in [1.54, 1.807) is 25.3 Å². The van der Waals surface area contributed by atoms with Crippen molar-refractivity contribution in [1.82, 2.24) is 10.1 Å². The number of aromatic nitrogens is 1. The molecule has 0 bridgehead atoms. The minimum atomic E-state index is -0.0347. The van der Waals surface area contributed by atoms with Crippen molar-refractivity contribution >= 4 is 5.91 Å². The SMILES string of the molecule is COc1cc(C(=O)N2CC(C)OC(C)C2)ccc1OCc1c(C)noc1C. The number of amides is 1. The van der Waals surface area contributed by atoms with Crippen molar-refractivity contribution in [1.29, 1.82) is 0 Å². The first kappa shape index (κ1) is 19.2. The molecule has 0 spiro atoms. The molecule has 2 unspecified atom stereocenters. The van der Waals surface area contributed by atoms with E-state index in [2.05, 4.69) is 5.16 Å². The number of aryl methyl sites for hydroxylation is 2. The number of benzene rings is 1. The van der Waals surface area contributed by atoms with Gasteiger partial charge < -0.3 is 23.6 Å². The molecule has 27 heavy (non-hydrogen) atoms. The summed E-state index contributed by atoms with van der Waals surface area (Å²) in [6.07, 6.45) is 0.0505. The highest BCUT2D eigenvalue weighted by atomic mass is 16.5. The lowest BCUT2D eigenvalue weighted by Crippen LogP contribution is -2.48. The van der Waals surface area contributed by atoms with Gasteiger partial charge in [-0.1, -0.05) is 5.16 Å². The summed E-state index contributed by atoms with van der Waals surface area (Å²) >= 11 is 0. The quantitative estimate of drug-likeness (QED) is 0.800. The summed E-state index contributed by atoms with van der Waals surface area (Å²) in [7, 11) is 1.56. The zero-order valence-electron chi connectivity index (χ0n) is 16.4. The lowest BCUT2D eigenvalue weighted by atomic mass is 10.1. The van der Waals surface area contributed by atoms with E-state index in [1.165, 1.54) is 0 Å². The molecular weight excluding hydrogens is 348 g/mol. The average Bonchev–Trinajstić information content (AvgIpc) is 2.96. The largest absolute Gasteiger partial charge is 0.493 e. The van der Waals surface area contributed by atoms with Gasteiger partial charge in [-0.15, -0.1) is 0 Å². The molecule has 1 fully saturated rings. The van der Waals surface area contributed by atoms with Crippen LogP contribution in [0.3, 0.4) is 0 Å². The van der Waals surface area contributed by atoms with Gasteiger partial charge in [0, 0.05) is 18.7 Å². The van der Waals surface area contributed by atoms with Crippen molar-refractivity contribution in [3.05, 3.63) is 40.8 Å². The number of ether oxygens (including phenoxy) is 3. The maximum absolute atomic E-state index is 12.9. The van der Waals surface area contributed by atoms with Gasteiger partial charge in [0.05, 0.1) is 30.6 Å². The van der Waals surface area contributed by atoms with E-state index in [0.29, 0.717) is 36.8 Å². The van der Waals surface area contributed by atoms with E-state index in [0.717, 1.165) is 17.0 Å². The third-order valence-electron chi connectivity index (χ3n) is 4.67. The van der Waals surface area contributed by atoms with E-state index in [1.807, 2.05) is 32.6 Å². The Kier molecular flexibility index (Phi) is 5.70. The van der Waals surface area contributed by atoms with Crippen LogP contribution in [0, 0.1) is 13.8 Å². The molecule has 1 aliphatic rings. The number of hydrogen-bond donors (Lipinski definition) is 0. The Balaban J connectivity index is 1.74. The van der Waals surface area contributed by atoms with Gasteiger partial charge >= 0.3 is 0 Å². The van der Waals surface area contributed by atoms with Gasteiger partial charge in [0.1, 0.15) is 12.4 Å². The molecule has 0 saturated carbocycles. The molecule has 1 aromatic carbocycles. The Hall–Kier alpha value is -2.54. The summed E-state index contributed by atoms with van der Waals surface area (Å²) in [4.78, 5) is 14.7. The van der Waals surface area contributed by atoms with Crippen LogP contribution in [-0.4, -0.2) is 48.4 Å². The maximum Gasteiger partial charge on any atom is 0.254 e. The van der Waals surface area contributed by atoms with E-state index < -0.39 is 0 Å². The number of carbonyl (C=O) groups excluding carboxylic acids is 1. The molecule has 0 radical (unpaired) electrons. The summed E-state index contributed by atoms with van der Waals surface area (Å²) in [5.41, 5.74) is 2.28. The van der Waals surface area contributed by atoms with Crippen LogP contribution in [0.4, 0.5) is 0 Å². The normalized spacial score (nSPS) is 19.8. The van der Waals surface area contributed by atoms with Crippen LogP contribution in [0.2, 0.25) is 0 Å². The Morgan fingerprint density at radius 3 is 2.52 bits per heavy atom. The molecule has 7 heteroatoms. The fraction of sp³-hybridized carbons (Fsp3) is 0.500. The molecular formula is C20H26N2O5. The second-order valence-corrected chi connectivity index (χ2v) is 6.92. The molecule has 2 atom stereocenters. The second kappa shape index (κ2) is 8.00. The summed E-state index contributed by atoms with van der Waals surface area (Å²) in [6, 6.07) is 5.24. The fourth-order valence-electron chi connectivity index (χ4n) is 3.30. The van der Waals surface area contributed by atoms with Crippen LogP contribution in [0.1, 0.15) is 41.2 Å². The highest BCUT2D eigenvalue weighted by Crippen LogP contribution is 2.30. The fourth-order valence-corrected chi connectivity index (χ4v) is 3.30. The van der Waals surface area contributed by atoms with Crippen LogP contribution in [0.5, 0.6) is 11.5 Å². The molecule has 1 aliphatic heterocycles. The average molecular weight is 374 g/mol. The van der Waals surface area contributed by atoms with Crippen molar-refractivity contribution < 1.29 is 23.5 Å². The van der Waals surface area contributed by atoms with E-state index in [4.69, 9.17) is 18.7 Å². The number of methoxy groups -OCH3 is 1. The molecule has 0 aliphatic carbocycles. The molecule has 1 saturated heterocycles. The smallest absolute Gasteiger partial charge is 0.254 e. The summed E-state index contributed by atoms with van der Waals surface area (Å²) in [5, 5.41) is 3.93. The van der Waals surface area contributed by atoms with Crippen LogP contribution in [-0.2, 0) is 11.3 Å². The van der Waals surface area contributed by atoms with Gasteiger partial charge in [-0.05, 0) is 45.9 Å². The molecule has 146 valence electrons. The van der Waals surface area contributed by atoms with E-state index in [-0.39, 0.29) is 18.1 Å². The topological polar surface area (TPSA) is 74.0 Å². The third-order valence-corrected chi connectivity index (χ3v) is 4.67. The first-order valence-electron chi connectivity index (χ1n) is 9.06. The second-order valence-electron chi connectivity index (χ2n) is 6.92. The highest BCUT2D eigenvalue weighted by Gasteiger charge is 2.27. The van der Waals surface area contributed by atoms with Gasteiger partial charge in [-0.3, -0.25) is 4.79 Å². The molecule has 0 N–H and O–H groups in total. The first-order chi connectivity index (χ1) is 12.9. The predicted octanol–water partition coefficient (Wildman–Crippen LogP) is 3.13. The van der Waals surface area contributed by atoms with Crippen molar-refractivity contribution in [3.8, 4) is 11.5 Å². The maximum atomic E-state index is 12.9. The van der Waals surface area contributed by atoms with Gasteiger partial charge in [0.15, 0.2) is 11.5 Å².